The zero-order valence-electron chi connectivity index (χ0n) is 17.8. The molecule has 4 rings (SSSR count). The molecule has 2 aromatic carbocycles. The number of phosphoric acid groups is 1. The predicted molar refractivity (Wildman–Crippen MR) is 115 cm³/mol. The standard InChI is InChI=1S/C22H20FN2O7P/c1-3-30-33(29,31-4-2)32-20-15-6-5-11-24-18(15)19(26)16-17(20)22(28)25(21(16)27)12-13-7-9-14(23)10-8-13/h5-11,26H,3-4,12H2,1-2H3. The monoisotopic (exact) mass is 474 g/mol. The van der Waals surface area contributed by atoms with Gasteiger partial charge in [0, 0.05) is 11.6 Å². The van der Waals surface area contributed by atoms with Crippen LogP contribution in [0.2, 0.25) is 0 Å². The molecular formula is C22H20FN2O7P. The summed E-state index contributed by atoms with van der Waals surface area (Å²) in [4.78, 5) is 31.5. The van der Waals surface area contributed by atoms with Gasteiger partial charge in [0.25, 0.3) is 11.8 Å². The summed E-state index contributed by atoms with van der Waals surface area (Å²) >= 11 is 0. The number of amides is 2. The number of carbonyl (C=O) groups excluding carboxylic acids is 2. The van der Waals surface area contributed by atoms with Crippen LogP contribution in [0.4, 0.5) is 4.39 Å². The number of hydrogen-bond donors (Lipinski definition) is 1. The van der Waals surface area contributed by atoms with E-state index in [0.29, 0.717) is 5.56 Å². The summed E-state index contributed by atoms with van der Waals surface area (Å²) in [7, 11) is -4.16. The van der Waals surface area contributed by atoms with Gasteiger partial charge >= 0.3 is 7.82 Å². The number of phosphoric ester groups is 1. The van der Waals surface area contributed by atoms with E-state index in [4.69, 9.17) is 13.6 Å². The minimum Gasteiger partial charge on any atom is -0.505 e. The lowest BCUT2D eigenvalue weighted by atomic mass is 10.0. The first kappa shape index (κ1) is 22.8. The molecule has 1 N–H and O–H groups in total. The van der Waals surface area contributed by atoms with Gasteiger partial charge in [-0.3, -0.25) is 28.5 Å². The number of benzene rings is 2. The normalized spacial score (nSPS) is 13.6. The van der Waals surface area contributed by atoms with Crippen molar-refractivity contribution in [3.8, 4) is 11.5 Å². The molecule has 0 radical (unpaired) electrons. The van der Waals surface area contributed by atoms with Gasteiger partial charge in [0.1, 0.15) is 16.9 Å². The Morgan fingerprint density at radius 1 is 1.03 bits per heavy atom. The Hall–Kier alpha value is -3.33. The second-order valence-corrected chi connectivity index (χ2v) is 8.62. The molecule has 1 aromatic heterocycles. The van der Waals surface area contributed by atoms with Crippen molar-refractivity contribution >= 4 is 30.5 Å². The molecule has 3 aromatic rings. The Morgan fingerprint density at radius 3 is 2.30 bits per heavy atom. The van der Waals surface area contributed by atoms with Crippen molar-refractivity contribution in [3.05, 3.63) is 65.1 Å². The maximum atomic E-state index is 13.3. The molecular weight excluding hydrogens is 454 g/mol. The minimum atomic E-state index is -4.16. The largest absolute Gasteiger partial charge is 0.530 e. The molecule has 0 fully saturated rings. The zero-order chi connectivity index (χ0) is 23.8. The number of pyridine rings is 1. The molecule has 0 bridgehead atoms. The van der Waals surface area contributed by atoms with Gasteiger partial charge in [-0.25, -0.2) is 8.96 Å². The van der Waals surface area contributed by atoms with E-state index in [2.05, 4.69) is 4.98 Å². The fourth-order valence-electron chi connectivity index (χ4n) is 3.57. The first-order valence-electron chi connectivity index (χ1n) is 10.1. The Bertz CT molecular complexity index is 1290. The highest BCUT2D eigenvalue weighted by atomic mass is 31.2. The van der Waals surface area contributed by atoms with Crippen LogP contribution in [0.5, 0.6) is 11.5 Å². The van der Waals surface area contributed by atoms with E-state index in [1.807, 2.05) is 0 Å². The summed E-state index contributed by atoms with van der Waals surface area (Å²) in [5.41, 5.74) is -0.136. The molecule has 0 atom stereocenters. The summed E-state index contributed by atoms with van der Waals surface area (Å²) in [6.07, 6.45) is 1.39. The van der Waals surface area contributed by atoms with Crippen molar-refractivity contribution in [1.82, 2.24) is 9.88 Å². The van der Waals surface area contributed by atoms with Gasteiger partial charge in [-0.1, -0.05) is 12.1 Å². The lowest BCUT2D eigenvalue weighted by Crippen LogP contribution is -2.29. The average Bonchev–Trinajstić information content (AvgIpc) is 3.03. The van der Waals surface area contributed by atoms with Crippen molar-refractivity contribution in [2.45, 2.75) is 20.4 Å². The Balaban J connectivity index is 1.87. The van der Waals surface area contributed by atoms with Gasteiger partial charge in [-0.2, -0.15) is 0 Å². The molecule has 2 heterocycles. The highest BCUT2D eigenvalue weighted by molar-refractivity contribution is 7.49. The maximum Gasteiger partial charge on any atom is 0.530 e. The molecule has 0 saturated carbocycles. The SMILES string of the molecule is CCOP(=O)(OCC)Oc1c2c(c(O)c3ncccc13)C(=O)N(Cc1ccc(F)cc1)C2=O. The lowest BCUT2D eigenvalue weighted by molar-refractivity contribution is 0.0641. The molecule has 2 amide bonds. The van der Waals surface area contributed by atoms with E-state index >= 15 is 0 Å². The molecule has 11 heteroatoms. The highest BCUT2D eigenvalue weighted by Crippen LogP contribution is 2.54. The second kappa shape index (κ2) is 8.90. The smallest absolute Gasteiger partial charge is 0.505 e. The lowest BCUT2D eigenvalue weighted by Gasteiger charge is -2.20. The Morgan fingerprint density at radius 2 is 1.67 bits per heavy atom. The third-order valence-corrected chi connectivity index (χ3v) is 6.50. The quantitative estimate of drug-likeness (QED) is 0.377. The van der Waals surface area contributed by atoms with Crippen LogP contribution >= 0.6 is 7.82 Å². The fraction of sp³-hybridized carbons (Fsp3) is 0.227. The number of halogens is 1. The molecule has 33 heavy (non-hydrogen) atoms. The zero-order valence-corrected chi connectivity index (χ0v) is 18.7. The summed E-state index contributed by atoms with van der Waals surface area (Å²) in [6, 6.07) is 8.32. The van der Waals surface area contributed by atoms with Crippen LogP contribution in [-0.4, -0.2) is 40.0 Å². The minimum absolute atomic E-state index is 0.00268. The second-order valence-electron chi connectivity index (χ2n) is 7.02. The number of hydrogen-bond acceptors (Lipinski definition) is 8. The average molecular weight is 474 g/mol. The summed E-state index contributed by atoms with van der Waals surface area (Å²) in [5.74, 6) is -2.78. The van der Waals surface area contributed by atoms with Crippen LogP contribution in [-0.2, 0) is 20.2 Å². The number of aromatic hydroxyl groups is 1. The summed E-state index contributed by atoms with van der Waals surface area (Å²) in [6.45, 7) is 3.00. The number of rotatable bonds is 8. The fourth-order valence-corrected chi connectivity index (χ4v) is 4.79. The molecule has 0 unspecified atom stereocenters. The van der Waals surface area contributed by atoms with Gasteiger partial charge in [0.2, 0.25) is 0 Å². The van der Waals surface area contributed by atoms with Gasteiger partial charge in [-0.15, -0.1) is 0 Å². The number of fused-ring (bicyclic) bond motifs is 2. The van der Waals surface area contributed by atoms with E-state index in [1.165, 1.54) is 42.6 Å². The van der Waals surface area contributed by atoms with Crippen LogP contribution in [0.25, 0.3) is 10.9 Å². The Kier molecular flexibility index (Phi) is 6.16. The summed E-state index contributed by atoms with van der Waals surface area (Å²) in [5, 5.41) is 11.0. The molecule has 0 spiro atoms. The van der Waals surface area contributed by atoms with Gasteiger partial charge in [0.05, 0.1) is 25.3 Å². The molecule has 172 valence electrons. The van der Waals surface area contributed by atoms with Gasteiger partial charge < -0.3 is 9.63 Å². The van der Waals surface area contributed by atoms with E-state index in [9.17, 15) is 23.7 Å². The molecule has 9 nitrogen and oxygen atoms in total. The maximum absolute atomic E-state index is 13.3. The first-order chi connectivity index (χ1) is 15.8. The number of aromatic nitrogens is 1. The Labute approximate surface area is 188 Å². The van der Waals surface area contributed by atoms with Crippen LogP contribution in [0.3, 0.4) is 0 Å². The van der Waals surface area contributed by atoms with E-state index in [0.717, 1.165) is 4.90 Å². The number of phenols is 1. The topological polar surface area (TPSA) is 115 Å². The predicted octanol–water partition coefficient (Wildman–Crippen LogP) is 4.44. The molecule has 1 aliphatic heterocycles. The number of carbonyl (C=O) groups is 2. The number of imide groups is 1. The first-order valence-corrected chi connectivity index (χ1v) is 11.6. The highest BCUT2D eigenvalue weighted by Gasteiger charge is 2.44. The van der Waals surface area contributed by atoms with E-state index in [-0.39, 0.29) is 47.5 Å². The molecule has 0 aliphatic carbocycles. The van der Waals surface area contributed by atoms with E-state index < -0.39 is 31.2 Å². The van der Waals surface area contributed by atoms with Crippen LogP contribution in [0, 0.1) is 5.82 Å². The van der Waals surface area contributed by atoms with Gasteiger partial charge in [0.15, 0.2) is 11.5 Å². The van der Waals surface area contributed by atoms with Crippen molar-refractivity contribution in [2.75, 3.05) is 13.2 Å². The van der Waals surface area contributed by atoms with Crippen molar-refractivity contribution < 1.29 is 37.2 Å². The molecule has 0 saturated heterocycles. The van der Waals surface area contributed by atoms with Crippen molar-refractivity contribution in [1.29, 1.82) is 0 Å². The third kappa shape index (κ3) is 4.08. The van der Waals surface area contributed by atoms with Crippen molar-refractivity contribution in [3.63, 3.8) is 0 Å². The number of nitrogens with zero attached hydrogens (tertiary/aromatic N) is 2. The number of phenolic OH excluding ortho intramolecular Hbond substituents is 1. The third-order valence-electron chi connectivity index (χ3n) is 4.94. The summed E-state index contributed by atoms with van der Waals surface area (Å²) < 4.78 is 42.4. The van der Waals surface area contributed by atoms with Crippen LogP contribution < -0.4 is 4.52 Å². The van der Waals surface area contributed by atoms with Crippen molar-refractivity contribution in [2.24, 2.45) is 0 Å². The molecule has 1 aliphatic rings. The van der Waals surface area contributed by atoms with Crippen LogP contribution in [0.15, 0.2) is 42.6 Å². The van der Waals surface area contributed by atoms with Crippen LogP contribution in [0.1, 0.15) is 40.1 Å². The van der Waals surface area contributed by atoms with E-state index in [1.54, 1.807) is 13.8 Å². The van der Waals surface area contributed by atoms with Gasteiger partial charge in [-0.05, 0) is 43.7 Å².